The first kappa shape index (κ1) is 10.9. The van der Waals surface area contributed by atoms with E-state index in [1.54, 1.807) is 0 Å². The van der Waals surface area contributed by atoms with E-state index in [-0.39, 0.29) is 6.54 Å². The van der Waals surface area contributed by atoms with Crippen LogP contribution in [0.25, 0.3) is 22.3 Å². The van der Waals surface area contributed by atoms with E-state index in [9.17, 15) is 0 Å². The van der Waals surface area contributed by atoms with Crippen molar-refractivity contribution in [2.45, 2.75) is 13.5 Å². The fraction of sp³-hybridized carbons (Fsp3) is 0.250. The lowest BCUT2D eigenvalue weighted by atomic mass is 10.1. The van der Waals surface area contributed by atoms with Gasteiger partial charge in [0, 0.05) is 18.0 Å². The average molecular weight is 243 g/mol. The Morgan fingerprint density at radius 1 is 1.39 bits per heavy atom. The number of benzene rings is 1. The van der Waals surface area contributed by atoms with Crippen LogP contribution in [0.3, 0.4) is 0 Å². The number of fused-ring (bicyclic) bond motifs is 1. The van der Waals surface area contributed by atoms with Crippen LogP contribution in [-0.4, -0.2) is 19.9 Å². The second kappa shape index (κ2) is 3.92. The molecule has 18 heavy (non-hydrogen) atoms. The summed E-state index contributed by atoms with van der Waals surface area (Å²) in [6, 6.07) is 5.98. The van der Waals surface area contributed by atoms with Gasteiger partial charge in [-0.2, -0.15) is 10.1 Å². The molecule has 0 aliphatic carbocycles. The summed E-state index contributed by atoms with van der Waals surface area (Å²) in [5, 5.41) is 9.41. The Morgan fingerprint density at radius 2 is 2.22 bits per heavy atom. The molecule has 3 rings (SSSR count). The second-order valence-electron chi connectivity index (χ2n) is 4.16. The summed E-state index contributed by atoms with van der Waals surface area (Å²) in [4.78, 5) is 4.21. The van der Waals surface area contributed by atoms with Gasteiger partial charge in [-0.3, -0.25) is 4.68 Å². The number of nitrogens with two attached hydrogens (primary N) is 1. The van der Waals surface area contributed by atoms with Crippen molar-refractivity contribution in [1.29, 1.82) is 0 Å². The largest absolute Gasteiger partial charge is 0.338 e. The molecule has 0 atom stereocenters. The monoisotopic (exact) mass is 243 g/mol. The van der Waals surface area contributed by atoms with Gasteiger partial charge in [0.1, 0.15) is 0 Å². The normalized spacial score (nSPS) is 11.3. The van der Waals surface area contributed by atoms with Crippen molar-refractivity contribution >= 4 is 10.9 Å². The molecular formula is C12H13N5O. The minimum atomic E-state index is 0.250. The summed E-state index contributed by atoms with van der Waals surface area (Å²) >= 11 is 0. The van der Waals surface area contributed by atoms with Crippen molar-refractivity contribution in [3.8, 4) is 11.4 Å². The van der Waals surface area contributed by atoms with Crippen molar-refractivity contribution in [3.05, 3.63) is 29.8 Å². The van der Waals surface area contributed by atoms with Crippen LogP contribution in [0.5, 0.6) is 0 Å². The zero-order chi connectivity index (χ0) is 12.7. The molecule has 6 heteroatoms. The minimum absolute atomic E-state index is 0.250. The number of nitrogens with zero attached hydrogens (tertiary/aromatic N) is 4. The molecule has 0 saturated heterocycles. The highest BCUT2D eigenvalue weighted by molar-refractivity contribution is 5.85. The van der Waals surface area contributed by atoms with Crippen LogP contribution in [0.4, 0.5) is 0 Å². The van der Waals surface area contributed by atoms with E-state index in [4.69, 9.17) is 10.3 Å². The second-order valence-corrected chi connectivity index (χ2v) is 4.16. The summed E-state index contributed by atoms with van der Waals surface area (Å²) in [6.07, 6.45) is 0. The summed E-state index contributed by atoms with van der Waals surface area (Å²) < 4.78 is 6.85. The fourth-order valence-corrected chi connectivity index (χ4v) is 2.03. The van der Waals surface area contributed by atoms with Gasteiger partial charge in [0.15, 0.2) is 0 Å². The molecule has 0 aliphatic rings. The molecule has 0 bridgehead atoms. The van der Waals surface area contributed by atoms with E-state index < -0.39 is 0 Å². The van der Waals surface area contributed by atoms with Gasteiger partial charge in [0.05, 0.1) is 17.8 Å². The molecule has 2 heterocycles. The Kier molecular flexibility index (Phi) is 2.38. The predicted octanol–water partition coefficient (Wildman–Crippen LogP) is 1.39. The molecule has 3 aromatic rings. The predicted molar refractivity (Wildman–Crippen MR) is 66.6 cm³/mol. The van der Waals surface area contributed by atoms with E-state index in [0.29, 0.717) is 11.7 Å². The Labute approximate surface area is 103 Å². The smallest absolute Gasteiger partial charge is 0.240 e. The number of aryl methyl sites for hydroxylation is 2. The molecule has 0 fully saturated rings. The van der Waals surface area contributed by atoms with E-state index in [1.807, 2.05) is 36.9 Å². The first-order valence-corrected chi connectivity index (χ1v) is 5.65. The molecule has 0 unspecified atom stereocenters. The van der Waals surface area contributed by atoms with Crippen molar-refractivity contribution < 1.29 is 4.52 Å². The number of rotatable bonds is 2. The minimum Gasteiger partial charge on any atom is -0.338 e. The molecule has 0 amide bonds. The number of aromatic nitrogens is 4. The van der Waals surface area contributed by atoms with Crippen LogP contribution in [-0.2, 0) is 13.6 Å². The van der Waals surface area contributed by atoms with Crippen LogP contribution < -0.4 is 5.73 Å². The number of hydrogen-bond acceptors (Lipinski definition) is 5. The van der Waals surface area contributed by atoms with Gasteiger partial charge in [-0.15, -0.1) is 0 Å². The zero-order valence-corrected chi connectivity index (χ0v) is 10.2. The Morgan fingerprint density at radius 3 is 2.94 bits per heavy atom. The standard InChI is InChI=1S/C12H13N5O/c1-7-9-4-3-8(5-10(9)17(2)15-7)12-14-11(6-13)18-16-12/h3-5H,6,13H2,1-2H3. The van der Waals surface area contributed by atoms with Gasteiger partial charge in [-0.05, 0) is 13.0 Å². The Hall–Kier alpha value is -2.21. The van der Waals surface area contributed by atoms with Crippen LogP contribution in [0.1, 0.15) is 11.6 Å². The van der Waals surface area contributed by atoms with E-state index in [2.05, 4.69) is 15.2 Å². The SMILES string of the molecule is Cc1nn(C)c2cc(-c3noc(CN)n3)ccc12. The summed E-state index contributed by atoms with van der Waals surface area (Å²) in [5.41, 5.74) is 8.40. The molecule has 0 aliphatic heterocycles. The maximum atomic E-state index is 5.45. The fourth-order valence-electron chi connectivity index (χ4n) is 2.03. The maximum absolute atomic E-state index is 5.45. The highest BCUT2D eigenvalue weighted by atomic mass is 16.5. The van der Waals surface area contributed by atoms with Crippen LogP contribution in [0.15, 0.2) is 22.7 Å². The van der Waals surface area contributed by atoms with Crippen molar-refractivity contribution in [1.82, 2.24) is 19.9 Å². The van der Waals surface area contributed by atoms with Crippen LogP contribution in [0, 0.1) is 6.92 Å². The Bertz CT molecular complexity index is 712. The zero-order valence-electron chi connectivity index (χ0n) is 10.2. The maximum Gasteiger partial charge on any atom is 0.240 e. The molecule has 0 radical (unpaired) electrons. The average Bonchev–Trinajstić information content (AvgIpc) is 2.95. The van der Waals surface area contributed by atoms with Crippen LogP contribution >= 0.6 is 0 Å². The lowest BCUT2D eigenvalue weighted by Gasteiger charge is -1.97. The van der Waals surface area contributed by atoms with E-state index in [0.717, 1.165) is 22.2 Å². The lowest BCUT2D eigenvalue weighted by molar-refractivity contribution is 0.380. The summed E-state index contributed by atoms with van der Waals surface area (Å²) in [5.74, 6) is 0.988. The molecule has 2 aromatic heterocycles. The van der Waals surface area contributed by atoms with E-state index in [1.165, 1.54) is 0 Å². The number of hydrogen-bond donors (Lipinski definition) is 1. The van der Waals surface area contributed by atoms with Crippen LogP contribution in [0.2, 0.25) is 0 Å². The van der Waals surface area contributed by atoms with Gasteiger partial charge in [0.2, 0.25) is 11.7 Å². The first-order chi connectivity index (χ1) is 8.69. The molecule has 0 saturated carbocycles. The van der Waals surface area contributed by atoms with E-state index >= 15 is 0 Å². The van der Waals surface area contributed by atoms with Gasteiger partial charge < -0.3 is 10.3 Å². The summed E-state index contributed by atoms with van der Waals surface area (Å²) in [6.45, 7) is 2.24. The van der Waals surface area contributed by atoms with Gasteiger partial charge in [-0.25, -0.2) is 0 Å². The van der Waals surface area contributed by atoms with Crippen molar-refractivity contribution in [3.63, 3.8) is 0 Å². The highest BCUT2D eigenvalue weighted by Gasteiger charge is 2.10. The molecule has 92 valence electrons. The van der Waals surface area contributed by atoms with Crippen molar-refractivity contribution in [2.75, 3.05) is 0 Å². The molecule has 1 aromatic carbocycles. The quantitative estimate of drug-likeness (QED) is 0.735. The first-order valence-electron chi connectivity index (χ1n) is 5.65. The third-order valence-corrected chi connectivity index (χ3v) is 2.94. The van der Waals surface area contributed by atoms with Gasteiger partial charge in [-0.1, -0.05) is 17.3 Å². The Balaban J connectivity index is 2.15. The molecular weight excluding hydrogens is 230 g/mol. The topological polar surface area (TPSA) is 82.8 Å². The molecule has 6 nitrogen and oxygen atoms in total. The highest BCUT2D eigenvalue weighted by Crippen LogP contribution is 2.24. The third-order valence-electron chi connectivity index (χ3n) is 2.94. The van der Waals surface area contributed by atoms with Gasteiger partial charge >= 0.3 is 0 Å². The van der Waals surface area contributed by atoms with Crippen molar-refractivity contribution in [2.24, 2.45) is 12.8 Å². The molecule has 0 spiro atoms. The lowest BCUT2D eigenvalue weighted by Crippen LogP contribution is -1.95. The molecule has 2 N–H and O–H groups in total. The third kappa shape index (κ3) is 1.58. The summed E-state index contributed by atoms with van der Waals surface area (Å²) in [7, 11) is 1.92. The van der Waals surface area contributed by atoms with Gasteiger partial charge in [0.25, 0.3) is 0 Å².